The van der Waals surface area contributed by atoms with E-state index in [9.17, 15) is 4.39 Å². The fourth-order valence-electron chi connectivity index (χ4n) is 2.02. The Morgan fingerprint density at radius 1 is 1.26 bits per heavy atom. The molecular formula is C15H17ClFNO. The lowest BCUT2D eigenvalue weighted by Crippen LogP contribution is -2.24. The summed E-state index contributed by atoms with van der Waals surface area (Å²) in [6, 6.07) is 8.50. The highest BCUT2D eigenvalue weighted by Crippen LogP contribution is 2.26. The van der Waals surface area contributed by atoms with Crippen LogP contribution in [0.5, 0.6) is 0 Å². The molecule has 0 bridgehead atoms. The SMILES string of the molecule is CCCNC(Cc1ccc(F)cc1)c1ccoc1Cl. The van der Waals surface area contributed by atoms with Gasteiger partial charge in [-0.1, -0.05) is 19.1 Å². The maximum absolute atomic E-state index is 12.9. The predicted molar refractivity (Wildman–Crippen MR) is 74.9 cm³/mol. The van der Waals surface area contributed by atoms with E-state index in [0.29, 0.717) is 5.22 Å². The predicted octanol–water partition coefficient (Wildman–Crippen LogP) is 4.36. The second-order valence-corrected chi connectivity index (χ2v) is 4.83. The molecule has 0 amide bonds. The number of nitrogens with one attached hydrogen (secondary N) is 1. The maximum atomic E-state index is 12.9. The Bertz CT molecular complexity index is 509. The van der Waals surface area contributed by atoms with Crippen LogP contribution >= 0.6 is 11.6 Å². The summed E-state index contributed by atoms with van der Waals surface area (Å²) < 4.78 is 18.1. The average Bonchev–Trinajstić information content (AvgIpc) is 2.83. The van der Waals surface area contributed by atoms with Crippen molar-refractivity contribution in [2.45, 2.75) is 25.8 Å². The molecule has 1 aromatic carbocycles. The molecule has 1 aromatic heterocycles. The van der Waals surface area contributed by atoms with Crippen LogP contribution < -0.4 is 5.32 Å². The molecule has 0 aliphatic heterocycles. The molecule has 0 aliphatic carbocycles. The molecule has 0 fully saturated rings. The van der Waals surface area contributed by atoms with Gasteiger partial charge in [-0.15, -0.1) is 0 Å². The minimum atomic E-state index is -0.219. The van der Waals surface area contributed by atoms with Crippen molar-refractivity contribution in [3.05, 3.63) is 58.8 Å². The molecule has 1 atom stereocenters. The summed E-state index contributed by atoms with van der Waals surface area (Å²) in [4.78, 5) is 0. The van der Waals surface area contributed by atoms with Gasteiger partial charge in [0.2, 0.25) is 0 Å². The van der Waals surface area contributed by atoms with Crippen molar-refractivity contribution in [3.8, 4) is 0 Å². The standard InChI is InChI=1S/C15H17ClFNO/c1-2-8-18-14(13-7-9-19-15(13)16)10-11-3-5-12(17)6-4-11/h3-7,9,14,18H,2,8,10H2,1H3. The summed E-state index contributed by atoms with van der Waals surface area (Å²) in [6.45, 7) is 3.01. The molecule has 1 N–H and O–H groups in total. The summed E-state index contributed by atoms with van der Waals surface area (Å²) in [5.74, 6) is -0.219. The highest BCUT2D eigenvalue weighted by Gasteiger charge is 2.16. The van der Waals surface area contributed by atoms with Crippen molar-refractivity contribution in [1.29, 1.82) is 0 Å². The minimum absolute atomic E-state index is 0.0802. The Morgan fingerprint density at radius 2 is 2.00 bits per heavy atom. The van der Waals surface area contributed by atoms with Crippen LogP contribution in [0.3, 0.4) is 0 Å². The fraction of sp³-hybridized carbons (Fsp3) is 0.333. The van der Waals surface area contributed by atoms with Crippen molar-refractivity contribution in [2.24, 2.45) is 0 Å². The van der Waals surface area contributed by atoms with E-state index in [0.717, 1.165) is 30.5 Å². The van der Waals surface area contributed by atoms with E-state index in [1.165, 1.54) is 12.1 Å². The summed E-state index contributed by atoms with van der Waals surface area (Å²) in [7, 11) is 0. The van der Waals surface area contributed by atoms with E-state index in [1.54, 1.807) is 18.4 Å². The Morgan fingerprint density at radius 3 is 2.58 bits per heavy atom. The second-order valence-electron chi connectivity index (χ2n) is 4.49. The molecule has 2 nitrogen and oxygen atoms in total. The number of rotatable bonds is 6. The zero-order valence-electron chi connectivity index (χ0n) is 10.8. The van der Waals surface area contributed by atoms with Gasteiger partial charge < -0.3 is 9.73 Å². The third-order valence-corrected chi connectivity index (χ3v) is 3.32. The summed E-state index contributed by atoms with van der Waals surface area (Å²) in [5, 5.41) is 3.85. The highest BCUT2D eigenvalue weighted by atomic mass is 35.5. The van der Waals surface area contributed by atoms with Gasteiger partial charge in [-0.3, -0.25) is 0 Å². The Labute approximate surface area is 117 Å². The number of benzene rings is 1. The van der Waals surface area contributed by atoms with Crippen molar-refractivity contribution < 1.29 is 8.81 Å². The Kier molecular flexibility index (Phi) is 5.00. The normalized spacial score (nSPS) is 12.6. The molecule has 2 aromatic rings. The monoisotopic (exact) mass is 281 g/mol. The van der Waals surface area contributed by atoms with Gasteiger partial charge >= 0.3 is 0 Å². The largest absolute Gasteiger partial charge is 0.453 e. The van der Waals surface area contributed by atoms with Gasteiger partial charge in [0.1, 0.15) is 5.82 Å². The van der Waals surface area contributed by atoms with Gasteiger partial charge in [0.05, 0.1) is 6.26 Å². The van der Waals surface area contributed by atoms with E-state index in [4.69, 9.17) is 16.0 Å². The molecule has 0 aliphatic rings. The van der Waals surface area contributed by atoms with Crippen molar-refractivity contribution in [1.82, 2.24) is 5.32 Å². The lowest BCUT2D eigenvalue weighted by atomic mass is 10.0. The molecule has 0 radical (unpaired) electrons. The van der Waals surface area contributed by atoms with Crippen molar-refractivity contribution >= 4 is 11.6 Å². The summed E-state index contributed by atoms with van der Waals surface area (Å²) in [5.41, 5.74) is 2.01. The molecule has 0 spiro atoms. The molecule has 4 heteroatoms. The van der Waals surface area contributed by atoms with E-state index < -0.39 is 0 Å². The first-order valence-electron chi connectivity index (χ1n) is 6.41. The number of hydrogen-bond acceptors (Lipinski definition) is 2. The summed E-state index contributed by atoms with van der Waals surface area (Å²) in [6.07, 6.45) is 3.37. The molecule has 102 valence electrons. The lowest BCUT2D eigenvalue weighted by molar-refractivity contribution is 0.513. The molecule has 2 rings (SSSR count). The van der Waals surface area contributed by atoms with Gasteiger partial charge in [0.25, 0.3) is 0 Å². The van der Waals surface area contributed by atoms with Crippen molar-refractivity contribution in [2.75, 3.05) is 6.54 Å². The van der Waals surface area contributed by atoms with Crippen LogP contribution in [0, 0.1) is 5.82 Å². The van der Waals surface area contributed by atoms with Gasteiger partial charge in [0, 0.05) is 11.6 Å². The maximum Gasteiger partial charge on any atom is 0.197 e. The molecule has 0 saturated carbocycles. The van der Waals surface area contributed by atoms with Gasteiger partial charge in [-0.25, -0.2) is 4.39 Å². The zero-order chi connectivity index (χ0) is 13.7. The van der Waals surface area contributed by atoms with E-state index in [2.05, 4.69) is 12.2 Å². The van der Waals surface area contributed by atoms with E-state index in [-0.39, 0.29) is 11.9 Å². The lowest BCUT2D eigenvalue weighted by Gasteiger charge is -2.17. The molecule has 19 heavy (non-hydrogen) atoms. The average molecular weight is 282 g/mol. The van der Waals surface area contributed by atoms with Crippen LogP contribution in [0.25, 0.3) is 0 Å². The number of halogens is 2. The Balaban J connectivity index is 2.14. The van der Waals surface area contributed by atoms with Crippen LogP contribution in [0.2, 0.25) is 5.22 Å². The zero-order valence-corrected chi connectivity index (χ0v) is 11.6. The quantitative estimate of drug-likeness (QED) is 0.851. The molecule has 1 heterocycles. The third kappa shape index (κ3) is 3.82. The summed E-state index contributed by atoms with van der Waals surface area (Å²) >= 11 is 6.04. The highest BCUT2D eigenvalue weighted by molar-refractivity contribution is 6.29. The van der Waals surface area contributed by atoms with E-state index in [1.807, 2.05) is 6.07 Å². The second kappa shape index (κ2) is 6.73. The van der Waals surface area contributed by atoms with Crippen LogP contribution in [0.4, 0.5) is 4.39 Å². The van der Waals surface area contributed by atoms with Crippen LogP contribution in [-0.4, -0.2) is 6.54 Å². The smallest absolute Gasteiger partial charge is 0.197 e. The Hall–Kier alpha value is -1.32. The fourth-order valence-corrected chi connectivity index (χ4v) is 2.27. The topological polar surface area (TPSA) is 25.2 Å². The first kappa shape index (κ1) is 14.1. The van der Waals surface area contributed by atoms with Gasteiger partial charge in [-0.2, -0.15) is 0 Å². The van der Waals surface area contributed by atoms with E-state index >= 15 is 0 Å². The molecular weight excluding hydrogens is 265 g/mol. The van der Waals surface area contributed by atoms with Gasteiger partial charge in [0.15, 0.2) is 5.22 Å². The van der Waals surface area contributed by atoms with Crippen LogP contribution in [0.1, 0.15) is 30.5 Å². The first-order chi connectivity index (χ1) is 9.20. The van der Waals surface area contributed by atoms with Crippen molar-refractivity contribution in [3.63, 3.8) is 0 Å². The first-order valence-corrected chi connectivity index (χ1v) is 6.79. The van der Waals surface area contributed by atoms with Crippen LogP contribution in [-0.2, 0) is 6.42 Å². The van der Waals surface area contributed by atoms with Gasteiger partial charge in [-0.05, 0) is 54.7 Å². The molecule has 1 unspecified atom stereocenters. The third-order valence-electron chi connectivity index (χ3n) is 3.02. The minimum Gasteiger partial charge on any atom is -0.453 e. The molecule has 0 saturated heterocycles. The number of furan rings is 1. The van der Waals surface area contributed by atoms with Crippen LogP contribution in [0.15, 0.2) is 41.0 Å². The number of hydrogen-bond donors (Lipinski definition) is 1.